The van der Waals surface area contributed by atoms with Gasteiger partial charge in [0.05, 0.1) is 16.5 Å². The predicted octanol–water partition coefficient (Wildman–Crippen LogP) is 4.95. The summed E-state index contributed by atoms with van der Waals surface area (Å²) in [5.41, 5.74) is 3.34. The summed E-state index contributed by atoms with van der Waals surface area (Å²) in [7, 11) is -3.79. The zero-order chi connectivity index (χ0) is 23.6. The van der Waals surface area contributed by atoms with E-state index < -0.39 is 10.0 Å². The van der Waals surface area contributed by atoms with E-state index in [-0.39, 0.29) is 22.6 Å². The highest BCUT2D eigenvalue weighted by Gasteiger charge is 2.35. The molecule has 0 radical (unpaired) electrons. The third kappa shape index (κ3) is 5.09. The Morgan fingerprint density at radius 1 is 1.09 bits per heavy atom. The minimum atomic E-state index is -3.79. The molecule has 1 saturated heterocycles. The van der Waals surface area contributed by atoms with Crippen LogP contribution in [0.2, 0.25) is 0 Å². The van der Waals surface area contributed by atoms with Gasteiger partial charge in [-0.05, 0) is 79.0 Å². The van der Waals surface area contributed by atoms with Gasteiger partial charge >= 0.3 is 0 Å². The molecule has 1 fully saturated rings. The Balaban J connectivity index is 1.67. The standard InChI is InChI=1S/C26H34N2O4S/c1-4-19-5-7-21(8-6-19)28(17-18(2)3)33(30,31)22-9-10-25-23(16-22)24(26(29)27-25)15-20-11-13-32-14-12-20/h5-10,16,18,20,24H,4,11-15,17H2,1-3H3,(H,27,29). The molecule has 0 saturated carbocycles. The lowest BCUT2D eigenvalue weighted by Gasteiger charge is -2.27. The summed E-state index contributed by atoms with van der Waals surface area (Å²) in [6.07, 6.45) is 3.50. The van der Waals surface area contributed by atoms with Crippen molar-refractivity contribution < 1.29 is 17.9 Å². The Morgan fingerprint density at radius 2 is 1.79 bits per heavy atom. The molecular formula is C26H34N2O4S. The van der Waals surface area contributed by atoms with Gasteiger partial charge in [0.15, 0.2) is 0 Å². The maximum Gasteiger partial charge on any atom is 0.264 e. The molecular weight excluding hydrogens is 436 g/mol. The number of carbonyl (C=O) groups excluding carboxylic acids is 1. The molecule has 2 heterocycles. The molecule has 1 atom stereocenters. The number of carbonyl (C=O) groups is 1. The number of nitrogens with one attached hydrogen (secondary N) is 1. The number of sulfonamides is 1. The molecule has 1 amide bonds. The second kappa shape index (κ2) is 9.85. The van der Waals surface area contributed by atoms with Gasteiger partial charge in [0, 0.05) is 25.4 Å². The van der Waals surface area contributed by atoms with E-state index in [9.17, 15) is 13.2 Å². The number of aryl methyl sites for hydroxylation is 1. The van der Waals surface area contributed by atoms with E-state index in [0.717, 1.165) is 50.1 Å². The number of hydrogen-bond donors (Lipinski definition) is 1. The molecule has 7 heteroatoms. The summed E-state index contributed by atoms with van der Waals surface area (Å²) in [6, 6.07) is 12.8. The molecule has 4 rings (SSSR count). The van der Waals surface area contributed by atoms with Crippen LogP contribution in [0.1, 0.15) is 57.1 Å². The van der Waals surface area contributed by atoms with Crippen molar-refractivity contribution >= 4 is 27.3 Å². The van der Waals surface area contributed by atoms with E-state index >= 15 is 0 Å². The Hall–Kier alpha value is -2.38. The predicted molar refractivity (Wildman–Crippen MR) is 131 cm³/mol. The Labute approximate surface area is 197 Å². The van der Waals surface area contributed by atoms with Gasteiger partial charge in [-0.1, -0.05) is 32.9 Å². The van der Waals surface area contributed by atoms with Gasteiger partial charge in [-0.2, -0.15) is 0 Å². The fourth-order valence-corrected chi connectivity index (χ4v) is 6.38. The average Bonchev–Trinajstić information content (AvgIpc) is 3.12. The number of fused-ring (bicyclic) bond motifs is 1. The van der Waals surface area contributed by atoms with Crippen molar-refractivity contribution in [1.82, 2.24) is 0 Å². The zero-order valence-electron chi connectivity index (χ0n) is 19.7. The molecule has 2 aromatic rings. The van der Waals surface area contributed by atoms with Gasteiger partial charge in [-0.3, -0.25) is 9.10 Å². The topological polar surface area (TPSA) is 75.7 Å². The average molecular weight is 471 g/mol. The van der Waals surface area contributed by atoms with Crippen LogP contribution in [-0.2, 0) is 26.0 Å². The minimum absolute atomic E-state index is 0.0415. The molecule has 2 aliphatic heterocycles. The summed E-state index contributed by atoms with van der Waals surface area (Å²) >= 11 is 0. The number of hydrogen-bond acceptors (Lipinski definition) is 4. The number of benzene rings is 2. The van der Waals surface area contributed by atoms with Crippen LogP contribution in [0, 0.1) is 11.8 Å². The van der Waals surface area contributed by atoms with Crippen molar-refractivity contribution in [3.8, 4) is 0 Å². The summed E-state index contributed by atoms with van der Waals surface area (Å²) < 4.78 is 34.6. The van der Waals surface area contributed by atoms with Gasteiger partial charge in [-0.15, -0.1) is 0 Å². The molecule has 1 N–H and O–H groups in total. The van der Waals surface area contributed by atoms with Gasteiger partial charge in [0.2, 0.25) is 5.91 Å². The van der Waals surface area contributed by atoms with Crippen molar-refractivity contribution in [3.63, 3.8) is 0 Å². The van der Waals surface area contributed by atoms with Crippen LogP contribution in [0.5, 0.6) is 0 Å². The molecule has 0 aliphatic carbocycles. The molecule has 33 heavy (non-hydrogen) atoms. The second-order valence-electron chi connectivity index (χ2n) is 9.53. The molecule has 178 valence electrons. The molecule has 0 bridgehead atoms. The van der Waals surface area contributed by atoms with Gasteiger partial charge in [0.1, 0.15) is 0 Å². The van der Waals surface area contributed by atoms with Crippen molar-refractivity contribution in [1.29, 1.82) is 0 Å². The summed E-state index contributed by atoms with van der Waals surface area (Å²) in [4.78, 5) is 13.0. The van der Waals surface area contributed by atoms with E-state index in [0.29, 0.717) is 18.2 Å². The lowest BCUT2D eigenvalue weighted by Crippen LogP contribution is -2.34. The Bertz CT molecular complexity index is 1090. The van der Waals surface area contributed by atoms with Crippen LogP contribution in [0.4, 0.5) is 11.4 Å². The van der Waals surface area contributed by atoms with Crippen molar-refractivity contribution in [2.75, 3.05) is 29.4 Å². The van der Waals surface area contributed by atoms with Crippen molar-refractivity contribution in [2.45, 2.75) is 57.3 Å². The lowest BCUT2D eigenvalue weighted by molar-refractivity contribution is -0.117. The van der Waals surface area contributed by atoms with Crippen molar-refractivity contribution in [3.05, 3.63) is 53.6 Å². The zero-order valence-corrected chi connectivity index (χ0v) is 20.5. The van der Waals surface area contributed by atoms with Crippen LogP contribution in [0.25, 0.3) is 0 Å². The Morgan fingerprint density at radius 3 is 2.42 bits per heavy atom. The molecule has 2 aromatic carbocycles. The largest absolute Gasteiger partial charge is 0.381 e. The molecule has 6 nitrogen and oxygen atoms in total. The van der Waals surface area contributed by atoms with Crippen LogP contribution < -0.4 is 9.62 Å². The summed E-state index contributed by atoms with van der Waals surface area (Å²) in [6.45, 7) is 7.93. The third-order valence-electron chi connectivity index (χ3n) is 6.63. The fraction of sp³-hybridized carbons (Fsp3) is 0.500. The maximum absolute atomic E-state index is 13.8. The Kier molecular flexibility index (Phi) is 7.10. The van der Waals surface area contributed by atoms with Gasteiger partial charge in [0.25, 0.3) is 10.0 Å². The van der Waals surface area contributed by atoms with Crippen LogP contribution in [-0.4, -0.2) is 34.1 Å². The van der Waals surface area contributed by atoms with Crippen LogP contribution in [0.3, 0.4) is 0 Å². The molecule has 2 aliphatic rings. The number of ether oxygens (including phenoxy) is 1. The normalized spacial score (nSPS) is 18.9. The lowest BCUT2D eigenvalue weighted by atomic mass is 9.86. The monoisotopic (exact) mass is 470 g/mol. The summed E-state index contributed by atoms with van der Waals surface area (Å²) in [5, 5.41) is 2.94. The third-order valence-corrected chi connectivity index (χ3v) is 8.42. The van der Waals surface area contributed by atoms with E-state index in [2.05, 4.69) is 12.2 Å². The SMILES string of the molecule is CCc1ccc(N(CC(C)C)S(=O)(=O)c2ccc3c(c2)C(CC2CCOCC2)C(=O)N3)cc1. The molecule has 0 aromatic heterocycles. The first-order valence-corrected chi connectivity index (χ1v) is 13.4. The van der Waals surface area contributed by atoms with Gasteiger partial charge < -0.3 is 10.1 Å². The number of amides is 1. The van der Waals surface area contributed by atoms with E-state index in [1.54, 1.807) is 18.2 Å². The highest BCUT2D eigenvalue weighted by molar-refractivity contribution is 7.92. The van der Waals surface area contributed by atoms with E-state index in [1.165, 1.54) is 9.87 Å². The first kappa shape index (κ1) is 23.8. The van der Waals surface area contributed by atoms with Gasteiger partial charge in [-0.25, -0.2) is 8.42 Å². The second-order valence-corrected chi connectivity index (χ2v) is 11.4. The fourth-order valence-electron chi connectivity index (χ4n) is 4.71. The van der Waals surface area contributed by atoms with Crippen LogP contribution >= 0.6 is 0 Å². The van der Waals surface area contributed by atoms with Crippen molar-refractivity contribution in [2.24, 2.45) is 11.8 Å². The van der Waals surface area contributed by atoms with E-state index in [1.807, 2.05) is 38.1 Å². The number of nitrogens with zero attached hydrogens (tertiary/aromatic N) is 1. The number of rotatable bonds is 8. The first-order valence-electron chi connectivity index (χ1n) is 11.9. The van der Waals surface area contributed by atoms with E-state index in [4.69, 9.17) is 4.74 Å². The molecule has 1 unspecified atom stereocenters. The minimum Gasteiger partial charge on any atom is -0.381 e. The number of anilines is 2. The maximum atomic E-state index is 13.8. The quantitative estimate of drug-likeness (QED) is 0.592. The highest BCUT2D eigenvalue weighted by atomic mass is 32.2. The first-order chi connectivity index (χ1) is 15.8. The highest BCUT2D eigenvalue weighted by Crippen LogP contribution is 2.40. The van der Waals surface area contributed by atoms with Crippen LogP contribution in [0.15, 0.2) is 47.4 Å². The smallest absolute Gasteiger partial charge is 0.264 e. The summed E-state index contributed by atoms with van der Waals surface area (Å²) in [5.74, 6) is 0.209. The molecule has 0 spiro atoms.